The zero-order valence-corrected chi connectivity index (χ0v) is 8.37. The number of carboxylic acids is 1. The Hall–Kier alpha value is -2.04. The second-order valence-corrected chi connectivity index (χ2v) is 3.45. The minimum absolute atomic E-state index is 0.198. The molecule has 2 aromatic rings. The number of hydrogen-bond donors (Lipinski definition) is 2. The summed E-state index contributed by atoms with van der Waals surface area (Å²) in [5.74, 6) is -1.20. The van der Waals surface area contributed by atoms with Crippen LogP contribution in [0.5, 0.6) is 0 Å². The number of nitrogens with one attached hydrogen (secondary N) is 1. The number of carboxylic acid groups (broad SMARTS) is 1. The van der Waals surface area contributed by atoms with Crippen molar-refractivity contribution in [2.45, 2.75) is 6.92 Å². The van der Waals surface area contributed by atoms with E-state index in [4.69, 9.17) is 5.11 Å². The molecule has 5 heteroatoms. The Labute approximate surface area is 85.0 Å². The van der Waals surface area contributed by atoms with Crippen molar-refractivity contribution in [1.29, 1.82) is 0 Å². The molecule has 0 unspecified atom stereocenters. The van der Waals surface area contributed by atoms with Gasteiger partial charge in [0.2, 0.25) is 0 Å². The molecule has 0 aliphatic heterocycles. The topological polar surface area (TPSA) is 75.1 Å². The van der Waals surface area contributed by atoms with E-state index in [2.05, 4.69) is 4.98 Å². The molecule has 0 fully saturated rings. The van der Waals surface area contributed by atoms with E-state index in [1.807, 2.05) is 0 Å². The van der Waals surface area contributed by atoms with Crippen LogP contribution in [-0.4, -0.2) is 20.6 Å². The van der Waals surface area contributed by atoms with Crippen LogP contribution >= 0.6 is 0 Å². The number of fused-ring (bicyclic) bond motifs is 1. The number of hydrogen-bond acceptors (Lipinski definition) is 2. The van der Waals surface area contributed by atoms with Crippen molar-refractivity contribution in [3.63, 3.8) is 0 Å². The highest BCUT2D eigenvalue weighted by Crippen LogP contribution is 2.18. The molecular weight excluding hydrogens is 196 g/mol. The summed E-state index contributed by atoms with van der Waals surface area (Å²) in [7, 11) is 1.80. The second-order valence-electron chi connectivity index (χ2n) is 3.45. The van der Waals surface area contributed by atoms with Gasteiger partial charge in [0.25, 0.3) is 5.56 Å². The van der Waals surface area contributed by atoms with Gasteiger partial charge < -0.3 is 14.7 Å². The Kier molecular flexibility index (Phi) is 1.89. The van der Waals surface area contributed by atoms with Crippen LogP contribution in [0.15, 0.2) is 17.1 Å². The molecule has 5 nitrogen and oxygen atoms in total. The summed E-state index contributed by atoms with van der Waals surface area (Å²) in [6.45, 7) is 1.75. The zero-order valence-electron chi connectivity index (χ0n) is 8.37. The third kappa shape index (κ3) is 1.24. The third-order valence-electron chi connectivity index (χ3n) is 2.44. The molecule has 0 saturated carbocycles. The Bertz CT molecular complexity index is 607. The largest absolute Gasteiger partial charge is 0.477 e. The molecule has 2 aromatic heterocycles. The van der Waals surface area contributed by atoms with Gasteiger partial charge in [0.05, 0.1) is 5.52 Å². The van der Waals surface area contributed by atoms with E-state index in [0.717, 1.165) is 5.52 Å². The lowest BCUT2D eigenvalue weighted by Gasteiger charge is -2.03. The molecular formula is C10H10N2O3. The fourth-order valence-electron chi connectivity index (χ4n) is 1.82. The monoisotopic (exact) mass is 206 g/mol. The minimum atomic E-state index is -1.20. The molecule has 78 valence electrons. The van der Waals surface area contributed by atoms with Crippen molar-refractivity contribution in [1.82, 2.24) is 9.55 Å². The molecule has 2 rings (SSSR count). The van der Waals surface area contributed by atoms with Gasteiger partial charge in [-0.25, -0.2) is 4.79 Å². The van der Waals surface area contributed by atoms with Crippen LogP contribution in [0.25, 0.3) is 10.9 Å². The van der Waals surface area contributed by atoms with E-state index in [1.54, 1.807) is 30.8 Å². The fourth-order valence-corrected chi connectivity index (χ4v) is 1.82. The molecule has 0 spiro atoms. The van der Waals surface area contributed by atoms with Crippen LogP contribution in [0.1, 0.15) is 16.1 Å². The Morgan fingerprint density at radius 1 is 1.53 bits per heavy atom. The molecule has 2 heterocycles. The van der Waals surface area contributed by atoms with Gasteiger partial charge in [-0.2, -0.15) is 0 Å². The van der Waals surface area contributed by atoms with Crippen LogP contribution < -0.4 is 5.56 Å². The van der Waals surface area contributed by atoms with Crippen molar-refractivity contribution in [3.05, 3.63) is 33.9 Å². The highest BCUT2D eigenvalue weighted by molar-refractivity contribution is 6.03. The number of aromatic nitrogens is 2. The summed E-state index contributed by atoms with van der Waals surface area (Å²) in [6, 6.07) is 1.64. The van der Waals surface area contributed by atoms with Gasteiger partial charge in [-0.3, -0.25) is 4.79 Å². The van der Waals surface area contributed by atoms with E-state index in [9.17, 15) is 9.59 Å². The maximum atomic E-state index is 11.5. The van der Waals surface area contributed by atoms with Crippen molar-refractivity contribution in [3.8, 4) is 0 Å². The lowest BCUT2D eigenvalue weighted by atomic mass is 10.1. The van der Waals surface area contributed by atoms with Crippen LogP contribution in [0.3, 0.4) is 0 Å². The summed E-state index contributed by atoms with van der Waals surface area (Å²) in [6.07, 6.45) is 1.73. The van der Waals surface area contributed by atoms with Crippen molar-refractivity contribution < 1.29 is 9.90 Å². The first kappa shape index (κ1) is 9.51. The quantitative estimate of drug-likeness (QED) is 0.727. The standard InChI is InChI=1S/C10H10N2O3/c1-5-8-6(3-4-12(8)2)7(10(14)15)9(13)11-5/h3-4H,1-2H3,(H,11,13)(H,14,15). The fraction of sp³-hybridized carbons (Fsp3) is 0.200. The molecule has 0 atom stereocenters. The molecule has 0 aromatic carbocycles. The SMILES string of the molecule is Cc1[nH]c(=O)c(C(=O)O)c2ccn(C)c12. The first-order chi connectivity index (χ1) is 7.02. The van der Waals surface area contributed by atoms with E-state index < -0.39 is 11.5 Å². The van der Waals surface area contributed by atoms with Gasteiger partial charge in [0.15, 0.2) is 0 Å². The first-order valence-electron chi connectivity index (χ1n) is 4.43. The third-order valence-corrected chi connectivity index (χ3v) is 2.44. The number of pyridine rings is 1. The maximum Gasteiger partial charge on any atom is 0.342 e. The molecule has 2 N–H and O–H groups in total. The van der Waals surface area contributed by atoms with Crippen LogP contribution in [0.2, 0.25) is 0 Å². The summed E-state index contributed by atoms with van der Waals surface area (Å²) in [5, 5.41) is 9.41. The van der Waals surface area contributed by atoms with E-state index in [0.29, 0.717) is 11.1 Å². The predicted octanol–water partition coefficient (Wildman–Crippen LogP) is 0.873. The van der Waals surface area contributed by atoms with E-state index >= 15 is 0 Å². The zero-order chi connectivity index (χ0) is 11.2. The van der Waals surface area contributed by atoms with Crippen molar-refractivity contribution in [2.24, 2.45) is 7.05 Å². The predicted molar refractivity (Wildman–Crippen MR) is 55.2 cm³/mol. The number of aryl methyl sites for hydroxylation is 2. The number of H-pyrrole nitrogens is 1. The van der Waals surface area contributed by atoms with Crippen LogP contribution in [0, 0.1) is 6.92 Å². The number of aromatic amines is 1. The highest BCUT2D eigenvalue weighted by Gasteiger charge is 2.16. The van der Waals surface area contributed by atoms with Gasteiger partial charge in [0, 0.05) is 24.3 Å². The smallest absolute Gasteiger partial charge is 0.342 e. The molecule has 15 heavy (non-hydrogen) atoms. The number of carbonyl (C=O) groups is 1. The average molecular weight is 206 g/mol. The summed E-state index contributed by atoms with van der Waals surface area (Å²) >= 11 is 0. The molecule has 0 saturated heterocycles. The van der Waals surface area contributed by atoms with Gasteiger partial charge in [-0.1, -0.05) is 0 Å². The Morgan fingerprint density at radius 2 is 2.20 bits per heavy atom. The number of aromatic carboxylic acids is 1. The Balaban J connectivity index is 3.04. The van der Waals surface area contributed by atoms with E-state index in [1.165, 1.54) is 0 Å². The van der Waals surface area contributed by atoms with Gasteiger partial charge in [-0.05, 0) is 13.0 Å². The lowest BCUT2D eigenvalue weighted by Crippen LogP contribution is -2.19. The van der Waals surface area contributed by atoms with Crippen molar-refractivity contribution >= 4 is 16.9 Å². The first-order valence-corrected chi connectivity index (χ1v) is 4.43. The summed E-state index contributed by atoms with van der Waals surface area (Å²) < 4.78 is 1.78. The second kappa shape index (κ2) is 2.98. The summed E-state index contributed by atoms with van der Waals surface area (Å²) in [4.78, 5) is 24.9. The van der Waals surface area contributed by atoms with Gasteiger partial charge >= 0.3 is 5.97 Å². The number of rotatable bonds is 1. The molecule has 0 radical (unpaired) electrons. The summed E-state index contributed by atoms with van der Waals surface area (Å²) in [5.41, 5.74) is 0.661. The van der Waals surface area contributed by atoms with E-state index in [-0.39, 0.29) is 5.56 Å². The van der Waals surface area contributed by atoms with Crippen LogP contribution in [0.4, 0.5) is 0 Å². The minimum Gasteiger partial charge on any atom is -0.477 e. The normalized spacial score (nSPS) is 10.8. The molecule has 0 aliphatic rings. The average Bonchev–Trinajstić information content (AvgIpc) is 2.47. The Morgan fingerprint density at radius 3 is 2.80 bits per heavy atom. The number of nitrogens with zero attached hydrogens (tertiary/aromatic N) is 1. The van der Waals surface area contributed by atoms with Crippen LogP contribution in [-0.2, 0) is 7.05 Å². The lowest BCUT2D eigenvalue weighted by molar-refractivity contribution is 0.0697. The molecule has 0 aliphatic carbocycles. The van der Waals surface area contributed by atoms with Gasteiger partial charge in [-0.15, -0.1) is 0 Å². The van der Waals surface area contributed by atoms with Crippen molar-refractivity contribution in [2.75, 3.05) is 0 Å². The van der Waals surface area contributed by atoms with Gasteiger partial charge in [0.1, 0.15) is 5.56 Å². The highest BCUT2D eigenvalue weighted by atomic mass is 16.4. The molecule has 0 amide bonds. The molecule has 0 bridgehead atoms. The maximum absolute atomic E-state index is 11.5.